The number of piperidine rings is 1. The first-order valence-electron chi connectivity index (χ1n) is 7.24. The van der Waals surface area contributed by atoms with Crippen LogP contribution in [0.5, 0.6) is 0 Å². The van der Waals surface area contributed by atoms with Gasteiger partial charge in [-0.2, -0.15) is 0 Å². The standard InChI is InChI=1S/C15H21NO2S/c17-15(13-5-9-18-10-6-13)16-7-3-12(4-8-16)14-2-1-11-19-14/h1-2,11-13H,3-10H2. The first kappa shape index (κ1) is 13.1. The Kier molecular flexibility index (Phi) is 4.18. The van der Waals surface area contributed by atoms with E-state index in [-0.39, 0.29) is 5.92 Å². The highest BCUT2D eigenvalue weighted by molar-refractivity contribution is 7.10. The van der Waals surface area contributed by atoms with Crippen molar-refractivity contribution in [2.75, 3.05) is 26.3 Å². The molecule has 0 atom stereocenters. The molecule has 1 aromatic heterocycles. The molecular weight excluding hydrogens is 258 g/mol. The Bertz CT molecular complexity index is 404. The smallest absolute Gasteiger partial charge is 0.225 e. The lowest BCUT2D eigenvalue weighted by Crippen LogP contribution is -2.42. The summed E-state index contributed by atoms with van der Waals surface area (Å²) >= 11 is 1.85. The number of carbonyl (C=O) groups is 1. The number of rotatable bonds is 2. The van der Waals surface area contributed by atoms with Crippen molar-refractivity contribution >= 4 is 17.2 Å². The molecule has 0 unspecified atom stereocenters. The van der Waals surface area contributed by atoms with E-state index in [0.29, 0.717) is 11.8 Å². The third-order valence-electron chi connectivity index (χ3n) is 4.32. The van der Waals surface area contributed by atoms with Gasteiger partial charge in [0.15, 0.2) is 0 Å². The zero-order valence-electron chi connectivity index (χ0n) is 11.2. The van der Waals surface area contributed by atoms with Crippen molar-refractivity contribution in [1.82, 2.24) is 4.90 Å². The van der Waals surface area contributed by atoms with E-state index in [1.54, 1.807) is 0 Å². The van der Waals surface area contributed by atoms with Crippen molar-refractivity contribution in [3.05, 3.63) is 22.4 Å². The fourth-order valence-corrected chi connectivity index (χ4v) is 4.01. The molecule has 4 heteroatoms. The summed E-state index contributed by atoms with van der Waals surface area (Å²) in [6, 6.07) is 4.35. The molecule has 0 N–H and O–H groups in total. The predicted octanol–water partition coefficient (Wildman–Crippen LogP) is 2.88. The van der Waals surface area contributed by atoms with Crippen LogP contribution in [0.2, 0.25) is 0 Å². The molecule has 0 aromatic carbocycles. The minimum absolute atomic E-state index is 0.215. The van der Waals surface area contributed by atoms with E-state index in [9.17, 15) is 4.79 Å². The van der Waals surface area contributed by atoms with Crippen LogP contribution in [0, 0.1) is 5.92 Å². The van der Waals surface area contributed by atoms with Gasteiger partial charge in [-0.15, -0.1) is 11.3 Å². The van der Waals surface area contributed by atoms with Gasteiger partial charge in [0.2, 0.25) is 5.91 Å². The van der Waals surface area contributed by atoms with Crippen LogP contribution in [0.15, 0.2) is 17.5 Å². The van der Waals surface area contributed by atoms with E-state index in [0.717, 1.165) is 52.0 Å². The Hall–Kier alpha value is -0.870. The van der Waals surface area contributed by atoms with Crippen molar-refractivity contribution < 1.29 is 9.53 Å². The summed E-state index contributed by atoms with van der Waals surface area (Å²) < 4.78 is 5.33. The predicted molar refractivity (Wildman–Crippen MR) is 76.4 cm³/mol. The van der Waals surface area contributed by atoms with Crippen molar-refractivity contribution in [2.24, 2.45) is 5.92 Å². The number of amides is 1. The first-order chi connectivity index (χ1) is 9.34. The molecule has 3 heterocycles. The summed E-state index contributed by atoms with van der Waals surface area (Å²) in [6.45, 7) is 3.36. The van der Waals surface area contributed by atoms with Crippen LogP contribution in [0.3, 0.4) is 0 Å². The maximum Gasteiger partial charge on any atom is 0.225 e. The molecule has 1 amide bonds. The van der Waals surface area contributed by atoms with E-state index in [1.807, 2.05) is 11.3 Å². The Labute approximate surface area is 118 Å². The van der Waals surface area contributed by atoms with Crippen LogP contribution in [0.25, 0.3) is 0 Å². The highest BCUT2D eigenvalue weighted by Crippen LogP contribution is 2.32. The quantitative estimate of drug-likeness (QED) is 0.833. The van der Waals surface area contributed by atoms with Gasteiger partial charge in [0.05, 0.1) is 0 Å². The molecule has 0 bridgehead atoms. The Balaban J connectivity index is 1.53. The first-order valence-corrected chi connectivity index (χ1v) is 8.12. The minimum Gasteiger partial charge on any atom is -0.381 e. The zero-order valence-corrected chi connectivity index (χ0v) is 12.0. The maximum atomic E-state index is 12.4. The summed E-state index contributed by atoms with van der Waals surface area (Å²) in [6.07, 6.45) is 4.05. The lowest BCUT2D eigenvalue weighted by atomic mass is 9.92. The summed E-state index contributed by atoms with van der Waals surface area (Å²) in [7, 11) is 0. The molecule has 2 fully saturated rings. The van der Waals surface area contributed by atoms with Crippen LogP contribution in [0.1, 0.15) is 36.5 Å². The molecule has 3 rings (SSSR count). The number of thiophene rings is 1. The second-order valence-corrected chi connectivity index (χ2v) is 6.48. The van der Waals surface area contributed by atoms with Crippen molar-refractivity contribution in [1.29, 1.82) is 0 Å². The van der Waals surface area contributed by atoms with Gasteiger partial charge in [0.1, 0.15) is 0 Å². The van der Waals surface area contributed by atoms with E-state index in [1.165, 1.54) is 4.88 Å². The van der Waals surface area contributed by atoms with Crippen LogP contribution in [-0.2, 0) is 9.53 Å². The zero-order chi connectivity index (χ0) is 13.1. The summed E-state index contributed by atoms with van der Waals surface area (Å²) in [5, 5.41) is 2.15. The van der Waals surface area contributed by atoms with E-state index in [2.05, 4.69) is 22.4 Å². The van der Waals surface area contributed by atoms with Crippen LogP contribution < -0.4 is 0 Å². The molecule has 2 saturated heterocycles. The molecule has 2 aliphatic heterocycles. The van der Waals surface area contributed by atoms with Gasteiger partial charge in [-0.25, -0.2) is 0 Å². The largest absolute Gasteiger partial charge is 0.381 e. The normalized spacial score (nSPS) is 22.6. The molecule has 104 valence electrons. The second kappa shape index (κ2) is 6.06. The molecule has 0 saturated carbocycles. The van der Waals surface area contributed by atoms with Crippen LogP contribution in [0.4, 0.5) is 0 Å². The highest BCUT2D eigenvalue weighted by Gasteiger charge is 2.29. The lowest BCUT2D eigenvalue weighted by molar-refractivity contribution is -0.139. The average molecular weight is 279 g/mol. The Morgan fingerprint density at radius 1 is 1.21 bits per heavy atom. The van der Waals surface area contributed by atoms with Gasteiger partial charge < -0.3 is 9.64 Å². The number of hydrogen-bond acceptors (Lipinski definition) is 3. The number of ether oxygens (including phenoxy) is 1. The lowest BCUT2D eigenvalue weighted by Gasteiger charge is -2.35. The maximum absolute atomic E-state index is 12.4. The van der Waals surface area contributed by atoms with Crippen molar-refractivity contribution in [3.8, 4) is 0 Å². The van der Waals surface area contributed by atoms with Crippen LogP contribution in [-0.4, -0.2) is 37.1 Å². The number of nitrogens with zero attached hydrogens (tertiary/aromatic N) is 1. The minimum atomic E-state index is 0.215. The third kappa shape index (κ3) is 3.00. The molecular formula is C15H21NO2S. The number of likely N-dealkylation sites (tertiary alicyclic amines) is 1. The molecule has 19 heavy (non-hydrogen) atoms. The summed E-state index contributed by atoms with van der Waals surface area (Å²) in [5.74, 6) is 1.25. The molecule has 0 spiro atoms. The topological polar surface area (TPSA) is 29.5 Å². The van der Waals surface area contributed by atoms with Gasteiger partial charge in [-0.05, 0) is 43.0 Å². The molecule has 2 aliphatic rings. The van der Waals surface area contributed by atoms with Crippen molar-refractivity contribution in [2.45, 2.75) is 31.6 Å². The molecule has 1 aromatic rings. The summed E-state index contributed by atoms with van der Waals surface area (Å²) in [4.78, 5) is 16.0. The second-order valence-electron chi connectivity index (χ2n) is 5.50. The summed E-state index contributed by atoms with van der Waals surface area (Å²) in [5.41, 5.74) is 0. The SMILES string of the molecule is O=C(C1CCOCC1)N1CCC(c2cccs2)CC1. The fraction of sp³-hybridized carbons (Fsp3) is 0.667. The molecule has 0 aliphatic carbocycles. The van der Waals surface area contributed by atoms with Gasteiger partial charge >= 0.3 is 0 Å². The molecule has 3 nitrogen and oxygen atoms in total. The third-order valence-corrected chi connectivity index (χ3v) is 5.36. The van der Waals surface area contributed by atoms with Crippen LogP contribution >= 0.6 is 11.3 Å². The average Bonchev–Trinajstić information content (AvgIpc) is 3.02. The molecule has 0 radical (unpaired) electrons. The van der Waals surface area contributed by atoms with Crippen molar-refractivity contribution in [3.63, 3.8) is 0 Å². The number of carbonyl (C=O) groups excluding carboxylic acids is 1. The van der Waals surface area contributed by atoms with E-state index >= 15 is 0 Å². The van der Waals surface area contributed by atoms with E-state index < -0.39 is 0 Å². The van der Waals surface area contributed by atoms with E-state index in [4.69, 9.17) is 4.74 Å². The highest BCUT2D eigenvalue weighted by atomic mass is 32.1. The van der Waals surface area contributed by atoms with Gasteiger partial charge in [0, 0.05) is 37.1 Å². The van der Waals surface area contributed by atoms with Gasteiger partial charge in [-0.1, -0.05) is 6.07 Å². The Morgan fingerprint density at radius 3 is 2.58 bits per heavy atom. The number of hydrogen-bond donors (Lipinski definition) is 0. The van der Waals surface area contributed by atoms with Gasteiger partial charge in [0.25, 0.3) is 0 Å². The van der Waals surface area contributed by atoms with Gasteiger partial charge in [-0.3, -0.25) is 4.79 Å². The fourth-order valence-electron chi connectivity index (χ4n) is 3.11. The monoisotopic (exact) mass is 279 g/mol. The Morgan fingerprint density at radius 2 is 1.95 bits per heavy atom.